The SMILES string of the molecule is C=C(C)CC(N=C(c1ccc(C)cc1)c1c(C)sc(C)c1C)/C(C)=N/N=C(C)C. The van der Waals surface area contributed by atoms with E-state index in [-0.39, 0.29) is 6.04 Å². The van der Waals surface area contributed by atoms with Crippen LogP contribution >= 0.6 is 11.3 Å². The highest BCUT2D eigenvalue weighted by molar-refractivity contribution is 7.12. The number of hydrogen-bond donors (Lipinski definition) is 0. The Kier molecular flexibility index (Phi) is 7.86. The molecule has 0 aliphatic carbocycles. The largest absolute Gasteiger partial charge is 0.274 e. The lowest BCUT2D eigenvalue weighted by molar-refractivity contribution is 0.832. The predicted molar refractivity (Wildman–Crippen MR) is 130 cm³/mol. The van der Waals surface area contributed by atoms with Crippen LogP contribution in [0.1, 0.15) is 66.1 Å². The van der Waals surface area contributed by atoms with Gasteiger partial charge in [-0.2, -0.15) is 10.2 Å². The molecule has 0 saturated heterocycles. The third-order valence-electron chi connectivity index (χ3n) is 4.84. The Morgan fingerprint density at radius 1 is 0.931 bits per heavy atom. The quantitative estimate of drug-likeness (QED) is 0.269. The Hall–Kier alpha value is -2.33. The molecule has 1 aromatic heterocycles. The number of thiophene rings is 1. The molecular weight excluding hydrogens is 374 g/mol. The van der Waals surface area contributed by atoms with Gasteiger partial charge in [-0.15, -0.1) is 17.9 Å². The number of benzene rings is 1. The number of aliphatic imine (C=N–C) groups is 1. The van der Waals surface area contributed by atoms with Crippen molar-refractivity contribution in [1.29, 1.82) is 0 Å². The lowest BCUT2D eigenvalue weighted by Gasteiger charge is -2.17. The zero-order valence-electron chi connectivity index (χ0n) is 19.1. The molecule has 1 unspecified atom stereocenters. The fourth-order valence-corrected chi connectivity index (χ4v) is 4.22. The smallest absolute Gasteiger partial charge is 0.0940 e. The van der Waals surface area contributed by atoms with Gasteiger partial charge in [-0.05, 0) is 67.4 Å². The molecule has 1 heterocycles. The van der Waals surface area contributed by atoms with Gasteiger partial charge < -0.3 is 0 Å². The molecule has 0 spiro atoms. The number of aryl methyl sites for hydroxylation is 3. The molecule has 3 nitrogen and oxygen atoms in total. The Balaban J connectivity index is 2.70. The van der Waals surface area contributed by atoms with Crippen LogP contribution in [0.25, 0.3) is 0 Å². The highest BCUT2D eigenvalue weighted by Gasteiger charge is 2.20. The summed E-state index contributed by atoms with van der Waals surface area (Å²) in [5.74, 6) is 0. The van der Waals surface area contributed by atoms with Crippen LogP contribution in [0.2, 0.25) is 0 Å². The first-order valence-corrected chi connectivity index (χ1v) is 10.8. The molecule has 4 heteroatoms. The molecule has 0 amide bonds. The van der Waals surface area contributed by atoms with E-state index in [0.717, 1.165) is 34.7 Å². The van der Waals surface area contributed by atoms with E-state index >= 15 is 0 Å². The second-order valence-corrected chi connectivity index (χ2v) is 9.45. The van der Waals surface area contributed by atoms with E-state index < -0.39 is 0 Å². The molecule has 0 aliphatic heterocycles. The van der Waals surface area contributed by atoms with Crippen LogP contribution in [0, 0.1) is 27.7 Å². The van der Waals surface area contributed by atoms with E-state index in [2.05, 4.69) is 68.7 Å². The monoisotopic (exact) mass is 407 g/mol. The molecule has 0 aliphatic rings. The van der Waals surface area contributed by atoms with Gasteiger partial charge in [0, 0.05) is 26.6 Å². The van der Waals surface area contributed by atoms with Crippen molar-refractivity contribution in [2.24, 2.45) is 15.2 Å². The first kappa shape index (κ1) is 23.0. The van der Waals surface area contributed by atoms with Crippen LogP contribution in [0.4, 0.5) is 0 Å². The summed E-state index contributed by atoms with van der Waals surface area (Å²) in [6, 6.07) is 8.53. The number of rotatable bonds is 7. The van der Waals surface area contributed by atoms with E-state index in [4.69, 9.17) is 4.99 Å². The fraction of sp³-hybridized carbons (Fsp3) is 0.400. The summed E-state index contributed by atoms with van der Waals surface area (Å²) in [6.45, 7) is 20.7. The third kappa shape index (κ3) is 6.07. The van der Waals surface area contributed by atoms with Crippen molar-refractivity contribution in [3.05, 3.63) is 68.4 Å². The van der Waals surface area contributed by atoms with E-state index in [9.17, 15) is 0 Å². The Bertz CT molecular complexity index is 968. The summed E-state index contributed by atoms with van der Waals surface area (Å²) in [5, 5.41) is 8.70. The number of hydrogen-bond acceptors (Lipinski definition) is 4. The van der Waals surface area contributed by atoms with E-state index in [1.165, 1.54) is 26.4 Å². The van der Waals surface area contributed by atoms with Gasteiger partial charge in [-0.25, -0.2) is 0 Å². The zero-order valence-corrected chi connectivity index (χ0v) is 19.9. The van der Waals surface area contributed by atoms with Gasteiger partial charge in [0.2, 0.25) is 0 Å². The first-order valence-electron chi connectivity index (χ1n) is 10.0. The third-order valence-corrected chi connectivity index (χ3v) is 5.96. The van der Waals surface area contributed by atoms with Gasteiger partial charge >= 0.3 is 0 Å². The highest BCUT2D eigenvalue weighted by atomic mass is 32.1. The Morgan fingerprint density at radius 2 is 1.55 bits per heavy atom. The van der Waals surface area contributed by atoms with Crippen molar-refractivity contribution in [3.63, 3.8) is 0 Å². The summed E-state index contributed by atoms with van der Waals surface area (Å²) >= 11 is 1.84. The molecule has 0 saturated carbocycles. The van der Waals surface area contributed by atoms with Crippen molar-refractivity contribution in [2.75, 3.05) is 0 Å². The van der Waals surface area contributed by atoms with Gasteiger partial charge in [-0.1, -0.05) is 35.4 Å². The second-order valence-electron chi connectivity index (χ2n) is 8.02. The maximum absolute atomic E-state index is 5.26. The van der Waals surface area contributed by atoms with Crippen molar-refractivity contribution >= 4 is 28.5 Å². The van der Waals surface area contributed by atoms with E-state index in [1.54, 1.807) is 0 Å². The van der Waals surface area contributed by atoms with Crippen LogP contribution in [-0.4, -0.2) is 23.2 Å². The van der Waals surface area contributed by atoms with Crippen LogP contribution in [-0.2, 0) is 0 Å². The van der Waals surface area contributed by atoms with Crippen LogP contribution < -0.4 is 0 Å². The predicted octanol–water partition coefficient (Wildman–Crippen LogP) is 7.01. The highest BCUT2D eigenvalue weighted by Crippen LogP contribution is 2.30. The molecule has 29 heavy (non-hydrogen) atoms. The summed E-state index contributed by atoms with van der Waals surface area (Å²) in [5.41, 5.74) is 8.87. The number of nitrogens with zero attached hydrogens (tertiary/aromatic N) is 3. The van der Waals surface area contributed by atoms with Crippen molar-refractivity contribution in [2.45, 2.75) is 67.9 Å². The van der Waals surface area contributed by atoms with Gasteiger partial charge in [0.05, 0.1) is 17.5 Å². The summed E-state index contributed by atoms with van der Waals surface area (Å²) in [6.07, 6.45) is 0.754. The summed E-state index contributed by atoms with van der Waals surface area (Å²) in [4.78, 5) is 7.90. The van der Waals surface area contributed by atoms with E-state index in [1.807, 2.05) is 39.0 Å². The van der Waals surface area contributed by atoms with Crippen molar-refractivity contribution < 1.29 is 0 Å². The molecule has 0 N–H and O–H groups in total. The van der Waals surface area contributed by atoms with E-state index in [0.29, 0.717) is 0 Å². The van der Waals surface area contributed by atoms with Gasteiger partial charge in [-0.3, -0.25) is 4.99 Å². The molecule has 0 fully saturated rings. The maximum atomic E-state index is 5.26. The maximum Gasteiger partial charge on any atom is 0.0940 e. The molecule has 2 aromatic rings. The normalized spacial score (nSPS) is 13.4. The van der Waals surface area contributed by atoms with Gasteiger partial charge in [0.1, 0.15) is 0 Å². The molecule has 2 rings (SSSR count). The average molecular weight is 408 g/mol. The minimum Gasteiger partial charge on any atom is -0.274 e. The topological polar surface area (TPSA) is 37.1 Å². The van der Waals surface area contributed by atoms with Crippen molar-refractivity contribution in [1.82, 2.24) is 0 Å². The molecule has 0 bridgehead atoms. The van der Waals surface area contributed by atoms with Crippen LogP contribution in [0.5, 0.6) is 0 Å². The first-order chi connectivity index (χ1) is 13.6. The minimum absolute atomic E-state index is 0.0918. The molecule has 0 radical (unpaired) electrons. The summed E-state index contributed by atoms with van der Waals surface area (Å²) in [7, 11) is 0. The Morgan fingerprint density at radius 3 is 2.03 bits per heavy atom. The zero-order chi connectivity index (χ0) is 21.7. The lowest BCUT2D eigenvalue weighted by atomic mass is 9.96. The standard InChI is InChI=1S/C25H33N3S/c1-15(2)14-23(19(7)28-27-16(3)4)26-25(22-12-10-17(5)11-13-22)24-18(6)20(8)29-21(24)9/h10-13,23H,1,14H2,2-9H3/b26-25?,28-19+. The average Bonchev–Trinajstić information content (AvgIpc) is 2.89. The second kappa shape index (κ2) is 9.93. The van der Waals surface area contributed by atoms with Crippen LogP contribution in [0.15, 0.2) is 51.6 Å². The molecule has 154 valence electrons. The lowest BCUT2D eigenvalue weighted by Crippen LogP contribution is -2.20. The fourth-order valence-electron chi connectivity index (χ4n) is 3.15. The van der Waals surface area contributed by atoms with Crippen molar-refractivity contribution in [3.8, 4) is 0 Å². The van der Waals surface area contributed by atoms with Gasteiger partial charge in [0.15, 0.2) is 0 Å². The molecule has 1 aromatic carbocycles. The van der Waals surface area contributed by atoms with Gasteiger partial charge in [0.25, 0.3) is 0 Å². The summed E-state index contributed by atoms with van der Waals surface area (Å²) < 4.78 is 0. The minimum atomic E-state index is -0.0918. The molecular formula is C25H33N3S. The van der Waals surface area contributed by atoms with Crippen LogP contribution in [0.3, 0.4) is 0 Å². The Labute approximate surface area is 180 Å². The molecule has 1 atom stereocenters.